The molecule has 7 heteroatoms. The van der Waals surface area contributed by atoms with Gasteiger partial charge in [0.05, 0.1) is 19.3 Å². The van der Waals surface area contributed by atoms with E-state index in [2.05, 4.69) is 10.2 Å². The largest absolute Gasteiger partial charge is 0.380 e. The fourth-order valence-electron chi connectivity index (χ4n) is 3.68. The number of nitrogens with zero attached hydrogens (tertiary/aromatic N) is 2. The molecule has 0 bridgehead atoms. The third-order valence-corrected chi connectivity index (χ3v) is 5.19. The molecular formula is C16H27N3O4. The van der Waals surface area contributed by atoms with Gasteiger partial charge in [-0.05, 0) is 25.7 Å². The number of carbonyl (C=O) groups is 2. The minimum Gasteiger partial charge on any atom is -0.380 e. The van der Waals surface area contributed by atoms with E-state index in [9.17, 15) is 14.7 Å². The van der Waals surface area contributed by atoms with Gasteiger partial charge in [-0.2, -0.15) is 0 Å². The second kappa shape index (κ2) is 7.15. The van der Waals surface area contributed by atoms with E-state index in [1.54, 1.807) is 0 Å². The Kier molecular flexibility index (Phi) is 5.18. The van der Waals surface area contributed by atoms with Crippen LogP contribution in [0.4, 0.5) is 0 Å². The highest BCUT2D eigenvalue weighted by Crippen LogP contribution is 2.29. The number of rotatable bonds is 5. The summed E-state index contributed by atoms with van der Waals surface area (Å²) in [5.74, 6) is -0.218. The zero-order chi connectivity index (χ0) is 16.3. The number of carbonyl (C=O) groups excluding carboxylic acids is 2. The van der Waals surface area contributed by atoms with Gasteiger partial charge in [-0.15, -0.1) is 0 Å². The molecule has 2 amide bonds. The zero-order valence-corrected chi connectivity index (χ0v) is 13.6. The molecule has 7 nitrogen and oxygen atoms in total. The van der Waals surface area contributed by atoms with E-state index in [0.717, 1.165) is 45.7 Å². The molecule has 1 aliphatic carbocycles. The van der Waals surface area contributed by atoms with Crippen LogP contribution >= 0.6 is 0 Å². The molecule has 1 atom stereocenters. The molecule has 0 aromatic carbocycles. The molecule has 3 rings (SSSR count). The maximum absolute atomic E-state index is 12.2. The van der Waals surface area contributed by atoms with Crippen molar-refractivity contribution >= 4 is 11.8 Å². The van der Waals surface area contributed by atoms with Crippen LogP contribution in [0.25, 0.3) is 0 Å². The number of aliphatic hydroxyl groups is 1. The first kappa shape index (κ1) is 16.7. The normalized spacial score (nSPS) is 28.3. The Morgan fingerprint density at radius 1 is 1.26 bits per heavy atom. The average Bonchev–Trinajstić information content (AvgIpc) is 3.13. The van der Waals surface area contributed by atoms with Crippen LogP contribution in [-0.4, -0.2) is 84.3 Å². The maximum Gasteiger partial charge on any atom is 0.252 e. The fourth-order valence-corrected chi connectivity index (χ4v) is 3.68. The number of ether oxygens (including phenoxy) is 1. The van der Waals surface area contributed by atoms with Crippen molar-refractivity contribution in [1.82, 2.24) is 15.1 Å². The first-order valence-corrected chi connectivity index (χ1v) is 8.68. The molecule has 0 spiro atoms. The van der Waals surface area contributed by atoms with Gasteiger partial charge in [0, 0.05) is 39.1 Å². The van der Waals surface area contributed by atoms with E-state index in [1.165, 1.54) is 0 Å². The van der Waals surface area contributed by atoms with Crippen LogP contribution in [-0.2, 0) is 14.3 Å². The molecular weight excluding hydrogens is 298 g/mol. The zero-order valence-electron chi connectivity index (χ0n) is 13.6. The van der Waals surface area contributed by atoms with Gasteiger partial charge in [-0.1, -0.05) is 0 Å². The first-order valence-electron chi connectivity index (χ1n) is 8.68. The van der Waals surface area contributed by atoms with Crippen molar-refractivity contribution in [2.24, 2.45) is 0 Å². The lowest BCUT2D eigenvalue weighted by atomic mass is 10.0. The van der Waals surface area contributed by atoms with Crippen molar-refractivity contribution in [3.05, 3.63) is 0 Å². The molecule has 2 saturated heterocycles. The van der Waals surface area contributed by atoms with Gasteiger partial charge in [0.2, 0.25) is 5.91 Å². The molecule has 2 aliphatic heterocycles. The monoisotopic (exact) mass is 325 g/mol. The van der Waals surface area contributed by atoms with Crippen LogP contribution in [0, 0.1) is 0 Å². The Bertz CT molecular complexity index is 445. The van der Waals surface area contributed by atoms with Gasteiger partial charge in [-0.25, -0.2) is 0 Å². The number of hydrogen-bond donors (Lipinski definition) is 2. The standard InChI is InChI=1S/C16H27N3O4/c20-14-11-13(17-15(21)16(22)3-1-2-4-16)12-19(14)6-5-18-7-9-23-10-8-18/h13,22H,1-12H2,(H,17,21). The van der Waals surface area contributed by atoms with E-state index in [4.69, 9.17) is 4.74 Å². The van der Waals surface area contributed by atoms with Crippen LogP contribution in [0.2, 0.25) is 0 Å². The second-order valence-electron chi connectivity index (χ2n) is 6.91. The number of nitrogens with one attached hydrogen (secondary N) is 1. The lowest BCUT2D eigenvalue weighted by Crippen LogP contribution is -2.49. The Morgan fingerprint density at radius 3 is 2.65 bits per heavy atom. The Hall–Kier alpha value is -1.18. The van der Waals surface area contributed by atoms with E-state index in [0.29, 0.717) is 32.4 Å². The summed E-state index contributed by atoms with van der Waals surface area (Å²) in [6, 6.07) is -0.177. The molecule has 130 valence electrons. The smallest absolute Gasteiger partial charge is 0.252 e. The summed E-state index contributed by atoms with van der Waals surface area (Å²) in [4.78, 5) is 28.5. The molecule has 3 aliphatic rings. The average molecular weight is 325 g/mol. The molecule has 2 heterocycles. The molecule has 0 aromatic heterocycles. The van der Waals surface area contributed by atoms with Crippen molar-refractivity contribution < 1.29 is 19.4 Å². The highest BCUT2D eigenvalue weighted by molar-refractivity contribution is 5.87. The summed E-state index contributed by atoms with van der Waals surface area (Å²) in [6.07, 6.45) is 3.17. The van der Waals surface area contributed by atoms with Gasteiger partial charge >= 0.3 is 0 Å². The van der Waals surface area contributed by atoms with Gasteiger partial charge in [0.25, 0.3) is 5.91 Å². The number of morpholine rings is 1. The third-order valence-electron chi connectivity index (χ3n) is 5.19. The van der Waals surface area contributed by atoms with Crippen molar-refractivity contribution in [1.29, 1.82) is 0 Å². The molecule has 0 radical (unpaired) electrons. The minimum absolute atomic E-state index is 0.0852. The Balaban J connectivity index is 1.44. The highest BCUT2D eigenvalue weighted by atomic mass is 16.5. The van der Waals surface area contributed by atoms with E-state index < -0.39 is 5.60 Å². The van der Waals surface area contributed by atoms with Crippen LogP contribution in [0.15, 0.2) is 0 Å². The fraction of sp³-hybridized carbons (Fsp3) is 0.875. The molecule has 1 saturated carbocycles. The summed E-state index contributed by atoms with van der Waals surface area (Å²) >= 11 is 0. The summed E-state index contributed by atoms with van der Waals surface area (Å²) in [5, 5.41) is 13.2. The number of amides is 2. The van der Waals surface area contributed by atoms with E-state index in [1.807, 2.05) is 4.90 Å². The van der Waals surface area contributed by atoms with Crippen molar-refractivity contribution in [2.75, 3.05) is 45.9 Å². The van der Waals surface area contributed by atoms with Crippen molar-refractivity contribution in [3.63, 3.8) is 0 Å². The maximum atomic E-state index is 12.2. The Morgan fingerprint density at radius 2 is 1.96 bits per heavy atom. The first-order chi connectivity index (χ1) is 11.1. The van der Waals surface area contributed by atoms with Crippen LogP contribution in [0.1, 0.15) is 32.1 Å². The van der Waals surface area contributed by atoms with Crippen LogP contribution < -0.4 is 5.32 Å². The van der Waals surface area contributed by atoms with Gasteiger partial charge < -0.3 is 20.1 Å². The predicted octanol–water partition coefficient (Wildman–Crippen LogP) is -0.659. The van der Waals surface area contributed by atoms with Crippen LogP contribution in [0.3, 0.4) is 0 Å². The minimum atomic E-state index is -1.22. The van der Waals surface area contributed by atoms with Gasteiger partial charge in [0.15, 0.2) is 0 Å². The quantitative estimate of drug-likeness (QED) is 0.701. The summed E-state index contributed by atoms with van der Waals surface area (Å²) in [7, 11) is 0. The highest BCUT2D eigenvalue weighted by Gasteiger charge is 2.41. The molecule has 1 unspecified atom stereocenters. The van der Waals surface area contributed by atoms with E-state index >= 15 is 0 Å². The summed E-state index contributed by atoms with van der Waals surface area (Å²) in [6.45, 7) is 5.42. The molecule has 3 fully saturated rings. The van der Waals surface area contributed by atoms with E-state index in [-0.39, 0.29) is 17.9 Å². The van der Waals surface area contributed by atoms with Gasteiger partial charge in [0.1, 0.15) is 5.60 Å². The lowest BCUT2D eigenvalue weighted by Gasteiger charge is -2.28. The SMILES string of the molecule is O=C1CC(NC(=O)C2(O)CCCC2)CN1CCN1CCOCC1. The predicted molar refractivity (Wildman–Crippen MR) is 83.8 cm³/mol. The lowest BCUT2D eigenvalue weighted by molar-refractivity contribution is -0.139. The molecule has 0 aromatic rings. The van der Waals surface area contributed by atoms with Crippen molar-refractivity contribution in [2.45, 2.75) is 43.7 Å². The third kappa shape index (κ3) is 4.02. The number of hydrogen-bond acceptors (Lipinski definition) is 5. The van der Waals surface area contributed by atoms with Crippen molar-refractivity contribution in [3.8, 4) is 0 Å². The summed E-state index contributed by atoms with van der Waals surface area (Å²) in [5.41, 5.74) is -1.22. The second-order valence-corrected chi connectivity index (χ2v) is 6.91. The molecule has 2 N–H and O–H groups in total. The van der Waals surface area contributed by atoms with Crippen LogP contribution in [0.5, 0.6) is 0 Å². The number of likely N-dealkylation sites (tertiary alicyclic amines) is 1. The van der Waals surface area contributed by atoms with Gasteiger partial charge in [-0.3, -0.25) is 14.5 Å². The Labute approximate surface area is 136 Å². The molecule has 23 heavy (non-hydrogen) atoms. The topological polar surface area (TPSA) is 82.1 Å². The summed E-state index contributed by atoms with van der Waals surface area (Å²) < 4.78 is 5.32.